The molecule has 3 aliphatic rings. The molecule has 2 bridgehead atoms. The standard InChI is InChI=1S/C14H16ClN3S/c15-10-1-2-11-12(7-10)18(14(19)16-11)13-8-17-5-3-9(13)4-6-17/h1-2,7,9,13H,3-6,8H2,(H,16,19). The van der Waals surface area contributed by atoms with Crippen LogP contribution in [0.4, 0.5) is 0 Å². The Bertz CT molecular complexity index is 682. The van der Waals surface area contributed by atoms with Crippen molar-refractivity contribution in [1.82, 2.24) is 14.5 Å². The molecular weight excluding hydrogens is 278 g/mol. The summed E-state index contributed by atoms with van der Waals surface area (Å²) in [4.78, 5) is 5.86. The lowest BCUT2D eigenvalue weighted by Gasteiger charge is -2.45. The number of nitrogens with one attached hydrogen (secondary N) is 1. The molecule has 0 aliphatic carbocycles. The lowest BCUT2D eigenvalue weighted by Crippen LogP contribution is -2.48. The zero-order chi connectivity index (χ0) is 13.0. The number of H-pyrrole nitrogens is 1. The van der Waals surface area contributed by atoms with Gasteiger partial charge in [0.15, 0.2) is 4.77 Å². The molecule has 1 N–H and O–H groups in total. The Balaban J connectivity index is 1.88. The number of rotatable bonds is 1. The number of hydrogen-bond donors (Lipinski definition) is 1. The Kier molecular flexibility index (Phi) is 2.72. The zero-order valence-corrected chi connectivity index (χ0v) is 12.2. The van der Waals surface area contributed by atoms with E-state index in [2.05, 4.69) is 14.5 Å². The summed E-state index contributed by atoms with van der Waals surface area (Å²) in [6, 6.07) is 6.46. The van der Waals surface area contributed by atoms with Gasteiger partial charge in [0, 0.05) is 11.6 Å². The molecule has 19 heavy (non-hydrogen) atoms. The van der Waals surface area contributed by atoms with Crippen LogP contribution in [0.1, 0.15) is 18.9 Å². The molecule has 1 aromatic heterocycles. The van der Waals surface area contributed by atoms with Crippen LogP contribution in [-0.2, 0) is 0 Å². The summed E-state index contributed by atoms with van der Waals surface area (Å²) in [5.74, 6) is 0.759. The van der Waals surface area contributed by atoms with Gasteiger partial charge in [-0.2, -0.15) is 0 Å². The number of aromatic nitrogens is 2. The van der Waals surface area contributed by atoms with Gasteiger partial charge in [0.25, 0.3) is 0 Å². The second kappa shape index (κ2) is 4.33. The first-order chi connectivity index (χ1) is 9.22. The summed E-state index contributed by atoms with van der Waals surface area (Å²) in [5, 5.41) is 0.775. The van der Waals surface area contributed by atoms with Gasteiger partial charge in [0.2, 0.25) is 0 Å². The molecule has 3 aliphatic heterocycles. The summed E-state index contributed by atoms with van der Waals surface area (Å²) in [5.41, 5.74) is 2.24. The number of fused-ring (bicyclic) bond motifs is 4. The molecule has 1 atom stereocenters. The van der Waals surface area contributed by atoms with E-state index in [1.165, 1.54) is 25.9 Å². The zero-order valence-electron chi connectivity index (χ0n) is 10.6. The Labute approximate surface area is 122 Å². The van der Waals surface area contributed by atoms with Crippen LogP contribution in [0.15, 0.2) is 18.2 Å². The maximum atomic E-state index is 6.15. The van der Waals surface area contributed by atoms with E-state index >= 15 is 0 Å². The predicted molar refractivity (Wildman–Crippen MR) is 80.3 cm³/mol. The number of nitrogens with zero attached hydrogens (tertiary/aromatic N) is 2. The van der Waals surface area contributed by atoms with Crippen LogP contribution in [0, 0.1) is 10.7 Å². The molecule has 0 amide bonds. The first kappa shape index (κ1) is 11.9. The number of imidazole rings is 1. The molecular formula is C14H16ClN3S. The molecule has 0 spiro atoms. The molecule has 5 rings (SSSR count). The van der Waals surface area contributed by atoms with Gasteiger partial charge in [-0.15, -0.1) is 0 Å². The second-order valence-corrected chi connectivity index (χ2v) is 6.49. The molecule has 0 saturated carbocycles. The number of hydrogen-bond acceptors (Lipinski definition) is 2. The highest BCUT2D eigenvalue weighted by molar-refractivity contribution is 7.71. The molecule has 1 unspecified atom stereocenters. The summed E-state index contributed by atoms with van der Waals surface area (Å²) < 4.78 is 3.13. The Morgan fingerprint density at radius 1 is 1.26 bits per heavy atom. The average Bonchev–Trinajstić information content (AvgIpc) is 2.75. The summed E-state index contributed by atoms with van der Waals surface area (Å²) >= 11 is 11.7. The van der Waals surface area contributed by atoms with Crippen molar-refractivity contribution in [3.8, 4) is 0 Å². The van der Waals surface area contributed by atoms with E-state index in [0.717, 1.165) is 33.3 Å². The third-order valence-electron chi connectivity index (χ3n) is 4.63. The SMILES string of the molecule is S=c1[nH]c2ccc(Cl)cc2n1C1CN2CCC1CC2. The Hall–Kier alpha value is -0.840. The van der Waals surface area contributed by atoms with Crippen LogP contribution in [0.2, 0.25) is 5.02 Å². The second-order valence-electron chi connectivity index (χ2n) is 5.67. The van der Waals surface area contributed by atoms with E-state index in [-0.39, 0.29) is 0 Å². The van der Waals surface area contributed by atoms with Crippen molar-refractivity contribution in [2.24, 2.45) is 5.92 Å². The molecule has 1 aromatic carbocycles. The fraction of sp³-hybridized carbons (Fsp3) is 0.500. The van der Waals surface area contributed by atoms with Gasteiger partial charge in [-0.1, -0.05) is 11.6 Å². The van der Waals surface area contributed by atoms with Crippen LogP contribution in [-0.4, -0.2) is 34.1 Å². The van der Waals surface area contributed by atoms with Crippen LogP contribution < -0.4 is 0 Å². The van der Waals surface area contributed by atoms with Gasteiger partial charge in [0.1, 0.15) is 0 Å². The first-order valence-corrected chi connectivity index (χ1v) is 7.63. The maximum Gasteiger partial charge on any atom is 0.178 e. The van der Waals surface area contributed by atoms with Gasteiger partial charge < -0.3 is 14.5 Å². The summed E-state index contributed by atoms with van der Waals surface area (Å²) in [6.45, 7) is 3.62. The normalized spacial score (nSPS) is 30.1. The van der Waals surface area contributed by atoms with E-state index in [1.54, 1.807) is 0 Å². The molecule has 3 nitrogen and oxygen atoms in total. The molecule has 3 fully saturated rings. The molecule has 100 valence electrons. The fourth-order valence-corrected chi connectivity index (χ4v) is 4.16. The Morgan fingerprint density at radius 3 is 2.74 bits per heavy atom. The number of benzene rings is 1. The fourth-order valence-electron chi connectivity index (χ4n) is 3.65. The highest BCUT2D eigenvalue weighted by Crippen LogP contribution is 2.37. The first-order valence-electron chi connectivity index (χ1n) is 6.84. The van der Waals surface area contributed by atoms with Crippen LogP contribution in [0.3, 0.4) is 0 Å². The largest absolute Gasteiger partial charge is 0.331 e. The minimum Gasteiger partial charge on any atom is -0.331 e. The van der Waals surface area contributed by atoms with Crippen molar-refractivity contribution < 1.29 is 0 Å². The maximum absolute atomic E-state index is 6.15. The van der Waals surface area contributed by atoms with Crippen molar-refractivity contribution in [1.29, 1.82) is 0 Å². The van der Waals surface area contributed by atoms with E-state index in [4.69, 9.17) is 23.8 Å². The van der Waals surface area contributed by atoms with Crippen LogP contribution in [0.25, 0.3) is 11.0 Å². The minimum atomic E-state index is 0.502. The molecule has 3 saturated heterocycles. The lowest BCUT2D eigenvalue weighted by molar-refractivity contribution is 0.0582. The van der Waals surface area contributed by atoms with Gasteiger partial charge in [-0.05, 0) is 62.3 Å². The number of piperidine rings is 3. The van der Waals surface area contributed by atoms with Crippen molar-refractivity contribution in [3.05, 3.63) is 28.0 Å². The quantitative estimate of drug-likeness (QED) is 0.812. The summed E-state index contributed by atoms with van der Waals surface area (Å²) in [7, 11) is 0. The van der Waals surface area contributed by atoms with E-state index in [0.29, 0.717) is 6.04 Å². The molecule has 4 heterocycles. The van der Waals surface area contributed by atoms with Gasteiger partial charge in [-0.3, -0.25) is 0 Å². The molecule has 2 aromatic rings. The highest BCUT2D eigenvalue weighted by Gasteiger charge is 2.36. The van der Waals surface area contributed by atoms with Gasteiger partial charge in [-0.25, -0.2) is 0 Å². The molecule has 0 radical (unpaired) electrons. The third kappa shape index (κ3) is 1.85. The van der Waals surface area contributed by atoms with Crippen LogP contribution in [0.5, 0.6) is 0 Å². The third-order valence-corrected chi connectivity index (χ3v) is 5.17. The molecule has 5 heteroatoms. The average molecular weight is 294 g/mol. The van der Waals surface area contributed by atoms with Crippen molar-refractivity contribution in [3.63, 3.8) is 0 Å². The van der Waals surface area contributed by atoms with E-state index < -0.39 is 0 Å². The van der Waals surface area contributed by atoms with E-state index in [1.807, 2.05) is 18.2 Å². The summed E-state index contributed by atoms with van der Waals surface area (Å²) in [6.07, 6.45) is 2.58. The van der Waals surface area contributed by atoms with Crippen molar-refractivity contribution in [2.45, 2.75) is 18.9 Å². The van der Waals surface area contributed by atoms with Crippen molar-refractivity contribution in [2.75, 3.05) is 19.6 Å². The van der Waals surface area contributed by atoms with Crippen molar-refractivity contribution >= 4 is 34.9 Å². The Morgan fingerprint density at radius 2 is 2.05 bits per heavy atom. The monoisotopic (exact) mass is 293 g/mol. The predicted octanol–water partition coefficient (Wildman–Crippen LogP) is 3.62. The highest BCUT2D eigenvalue weighted by atomic mass is 35.5. The van der Waals surface area contributed by atoms with Crippen LogP contribution >= 0.6 is 23.8 Å². The lowest BCUT2D eigenvalue weighted by atomic mass is 9.84. The smallest absolute Gasteiger partial charge is 0.178 e. The van der Waals surface area contributed by atoms with Gasteiger partial charge >= 0.3 is 0 Å². The van der Waals surface area contributed by atoms with E-state index in [9.17, 15) is 0 Å². The minimum absolute atomic E-state index is 0.502. The van der Waals surface area contributed by atoms with Gasteiger partial charge in [0.05, 0.1) is 17.1 Å². The number of aromatic amines is 1. The number of halogens is 1. The topological polar surface area (TPSA) is 24.0 Å².